The van der Waals surface area contributed by atoms with Gasteiger partial charge >= 0.3 is 5.69 Å². The quantitative estimate of drug-likeness (QED) is 0.687. The lowest BCUT2D eigenvalue weighted by Crippen LogP contribution is -2.43. The molecule has 0 aliphatic heterocycles. The third-order valence-electron chi connectivity index (χ3n) is 4.35. The molecule has 0 aliphatic rings. The largest absolute Gasteiger partial charge is 0.348 e. The van der Waals surface area contributed by atoms with Crippen molar-refractivity contribution in [1.29, 1.82) is 5.41 Å². The fourth-order valence-electron chi connectivity index (χ4n) is 2.82. The molecule has 2 aromatic heterocycles. The number of hydrogen-bond donors (Lipinski definition) is 1. The number of halogens is 1. The molecule has 8 heteroatoms. The van der Waals surface area contributed by atoms with E-state index in [-0.39, 0.29) is 28.4 Å². The highest BCUT2D eigenvalue weighted by Gasteiger charge is 2.24. The van der Waals surface area contributed by atoms with Crippen LogP contribution >= 0.6 is 11.6 Å². The lowest BCUT2D eigenvalue weighted by atomic mass is 10.0. The summed E-state index contributed by atoms with van der Waals surface area (Å²) in [4.78, 5) is 38.3. The fourth-order valence-corrected chi connectivity index (χ4v) is 3.04. The molecule has 0 radical (unpaired) electrons. The first kappa shape index (κ1) is 18.6. The number of carbonyl (C=O) groups excluding carboxylic acids is 1. The van der Waals surface area contributed by atoms with Crippen molar-refractivity contribution < 1.29 is 4.79 Å². The predicted molar refractivity (Wildman–Crippen MR) is 101 cm³/mol. The molecule has 0 unspecified atom stereocenters. The maximum atomic E-state index is 13.1. The fraction of sp³-hybridized carbons (Fsp3) is 0.158. The molecule has 0 aliphatic carbocycles. The van der Waals surface area contributed by atoms with Crippen LogP contribution in [0.1, 0.15) is 21.6 Å². The highest BCUT2D eigenvalue weighted by Crippen LogP contribution is 2.19. The molecule has 1 aromatic carbocycles. The summed E-state index contributed by atoms with van der Waals surface area (Å²) in [6.45, 7) is 0.119. The summed E-state index contributed by atoms with van der Waals surface area (Å²) < 4.78 is 3.88. The second kappa shape index (κ2) is 7.20. The van der Waals surface area contributed by atoms with Crippen molar-refractivity contribution in [2.24, 2.45) is 14.1 Å². The molecule has 0 bridgehead atoms. The maximum absolute atomic E-state index is 13.1. The molecule has 138 valence electrons. The number of benzene rings is 1. The SMILES string of the molecule is Cn1c(Cn2ccc(=N)cc2)c(C(=O)c2ccccc2Cl)c(=O)n(C)c1=O. The van der Waals surface area contributed by atoms with Gasteiger partial charge in [0.05, 0.1) is 22.6 Å². The topological polar surface area (TPSA) is 89.8 Å². The molecule has 0 spiro atoms. The van der Waals surface area contributed by atoms with Crippen molar-refractivity contribution in [3.8, 4) is 0 Å². The number of ketones is 1. The third-order valence-corrected chi connectivity index (χ3v) is 4.68. The van der Waals surface area contributed by atoms with E-state index in [1.165, 1.54) is 18.7 Å². The average Bonchev–Trinajstić information content (AvgIpc) is 2.66. The molecular weight excluding hydrogens is 368 g/mol. The van der Waals surface area contributed by atoms with Crippen molar-refractivity contribution in [2.75, 3.05) is 0 Å². The van der Waals surface area contributed by atoms with Gasteiger partial charge in [0, 0.05) is 32.1 Å². The number of carbonyl (C=O) groups is 1. The number of aromatic nitrogens is 3. The van der Waals surface area contributed by atoms with E-state index in [0.717, 1.165) is 4.57 Å². The second-order valence-electron chi connectivity index (χ2n) is 6.10. The molecule has 0 amide bonds. The van der Waals surface area contributed by atoms with Crippen molar-refractivity contribution in [2.45, 2.75) is 6.54 Å². The van der Waals surface area contributed by atoms with Crippen molar-refractivity contribution >= 4 is 17.4 Å². The Hall–Kier alpha value is -3.19. The Balaban J connectivity index is 2.26. The molecule has 0 saturated heterocycles. The minimum absolute atomic E-state index is 0.102. The highest BCUT2D eigenvalue weighted by molar-refractivity contribution is 6.35. The first-order valence-corrected chi connectivity index (χ1v) is 8.48. The highest BCUT2D eigenvalue weighted by atomic mass is 35.5. The van der Waals surface area contributed by atoms with Gasteiger partial charge in [-0.2, -0.15) is 0 Å². The van der Waals surface area contributed by atoms with Gasteiger partial charge in [-0.25, -0.2) is 4.79 Å². The Kier molecular flexibility index (Phi) is 4.96. The van der Waals surface area contributed by atoms with Crippen LogP contribution in [0.25, 0.3) is 0 Å². The zero-order valence-electron chi connectivity index (χ0n) is 14.8. The van der Waals surface area contributed by atoms with E-state index in [9.17, 15) is 14.4 Å². The molecule has 0 fully saturated rings. The number of pyridine rings is 1. The molecule has 1 N–H and O–H groups in total. The summed E-state index contributed by atoms with van der Waals surface area (Å²) in [5, 5.41) is 8.13. The maximum Gasteiger partial charge on any atom is 0.330 e. The van der Waals surface area contributed by atoms with Gasteiger partial charge in [0.15, 0.2) is 0 Å². The van der Waals surface area contributed by atoms with E-state index >= 15 is 0 Å². The smallest absolute Gasteiger partial charge is 0.330 e. The van der Waals surface area contributed by atoms with Gasteiger partial charge in [-0.3, -0.25) is 18.7 Å². The van der Waals surface area contributed by atoms with Gasteiger partial charge in [0.25, 0.3) is 5.56 Å². The molecule has 0 saturated carbocycles. The Labute approximate surface area is 159 Å². The Morgan fingerprint density at radius 2 is 1.67 bits per heavy atom. The second-order valence-corrected chi connectivity index (χ2v) is 6.50. The number of hydrogen-bond acceptors (Lipinski definition) is 4. The van der Waals surface area contributed by atoms with Gasteiger partial charge in [0.1, 0.15) is 5.56 Å². The average molecular weight is 385 g/mol. The summed E-state index contributed by atoms with van der Waals surface area (Å²) in [6.07, 6.45) is 3.29. The number of rotatable bonds is 4. The summed E-state index contributed by atoms with van der Waals surface area (Å²) in [5.74, 6) is -0.537. The molecule has 3 aromatic rings. The van der Waals surface area contributed by atoms with Gasteiger partial charge in [-0.15, -0.1) is 0 Å². The van der Waals surface area contributed by atoms with E-state index in [1.807, 2.05) is 0 Å². The van der Waals surface area contributed by atoms with Crippen LogP contribution in [0, 0.1) is 5.41 Å². The van der Waals surface area contributed by atoms with Gasteiger partial charge < -0.3 is 9.98 Å². The van der Waals surface area contributed by atoms with Crippen molar-refractivity contribution in [3.05, 3.63) is 96.8 Å². The zero-order chi connectivity index (χ0) is 19.7. The third kappa shape index (κ3) is 3.41. The normalized spacial score (nSPS) is 10.8. The molecule has 7 nitrogen and oxygen atoms in total. The summed E-state index contributed by atoms with van der Waals surface area (Å²) in [5.41, 5.74) is -0.826. The lowest BCUT2D eigenvalue weighted by molar-refractivity contribution is 0.103. The Morgan fingerprint density at radius 3 is 2.30 bits per heavy atom. The minimum Gasteiger partial charge on any atom is -0.348 e. The summed E-state index contributed by atoms with van der Waals surface area (Å²) in [6, 6.07) is 9.62. The molecule has 0 atom stereocenters. The van der Waals surface area contributed by atoms with Crippen LogP contribution in [0.5, 0.6) is 0 Å². The van der Waals surface area contributed by atoms with Crippen LogP contribution in [0.3, 0.4) is 0 Å². The van der Waals surface area contributed by atoms with E-state index in [0.29, 0.717) is 5.36 Å². The van der Waals surface area contributed by atoms with Crippen LogP contribution < -0.4 is 16.6 Å². The van der Waals surface area contributed by atoms with E-state index in [1.54, 1.807) is 53.4 Å². The standard InChI is InChI=1S/C19H17ClN4O3/c1-22-15(11-24-9-7-12(21)8-10-24)16(18(26)23(2)19(22)27)17(25)13-5-3-4-6-14(13)20/h3-10,21H,11H2,1-2H3. The van der Waals surface area contributed by atoms with Crippen LogP contribution in [-0.2, 0) is 20.6 Å². The number of nitrogens with zero attached hydrogens (tertiary/aromatic N) is 3. The molecule has 27 heavy (non-hydrogen) atoms. The van der Waals surface area contributed by atoms with Crippen molar-refractivity contribution in [3.63, 3.8) is 0 Å². The van der Waals surface area contributed by atoms with Crippen molar-refractivity contribution in [1.82, 2.24) is 13.7 Å². The first-order valence-electron chi connectivity index (χ1n) is 8.10. The molecular formula is C19H17ClN4O3. The lowest BCUT2D eigenvalue weighted by Gasteiger charge is -2.16. The van der Waals surface area contributed by atoms with Gasteiger partial charge in [0.2, 0.25) is 5.78 Å². The van der Waals surface area contributed by atoms with Crippen LogP contribution in [0.2, 0.25) is 5.02 Å². The van der Waals surface area contributed by atoms with E-state index in [2.05, 4.69) is 0 Å². The summed E-state index contributed by atoms with van der Waals surface area (Å²) >= 11 is 6.14. The number of nitrogens with one attached hydrogen (secondary N) is 1. The Morgan fingerprint density at radius 1 is 1.04 bits per heavy atom. The first-order chi connectivity index (χ1) is 12.8. The molecule has 2 heterocycles. The van der Waals surface area contributed by atoms with Gasteiger partial charge in [-0.05, 0) is 24.3 Å². The van der Waals surface area contributed by atoms with Crippen LogP contribution in [-0.4, -0.2) is 19.5 Å². The molecule has 3 rings (SSSR count). The van der Waals surface area contributed by atoms with E-state index in [4.69, 9.17) is 17.0 Å². The minimum atomic E-state index is -0.671. The summed E-state index contributed by atoms with van der Waals surface area (Å²) in [7, 11) is 2.85. The zero-order valence-corrected chi connectivity index (χ0v) is 15.5. The van der Waals surface area contributed by atoms with Gasteiger partial charge in [-0.1, -0.05) is 23.7 Å². The monoisotopic (exact) mass is 384 g/mol. The Bertz CT molecular complexity index is 1200. The van der Waals surface area contributed by atoms with Crippen LogP contribution in [0.4, 0.5) is 0 Å². The predicted octanol–water partition coefficient (Wildman–Crippen LogP) is 1.30. The van der Waals surface area contributed by atoms with Crippen LogP contribution in [0.15, 0.2) is 58.4 Å². The van der Waals surface area contributed by atoms with E-state index < -0.39 is 17.0 Å².